The van der Waals surface area contributed by atoms with Crippen LogP contribution in [0, 0.1) is 11.7 Å². The molecule has 7 heteroatoms. The maximum Gasteiger partial charge on any atom is 0.225 e. The fraction of sp³-hybridized carbons (Fsp3) is 0.235. The summed E-state index contributed by atoms with van der Waals surface area (Å²) >= 11 is 0. The Morgan fingerprint density at radius 3 is 2.92 bits per heavy atom. The van der Waals surface area contributed by atoms with E-state index in [-0.39, 0.29) is 42.3 Å². The van der Waals surface area contributed by atoms with Gasteiger partial charge in [-0.25, -0.2) is 9.37 Å². The molecular formula is C17H16FN3O3. The zero-order valence-electron chi connectivity index (χ0n) is 12.8. The quantitative estimate of drug-likeness (QED) is 0.876. The van der Waals surface area contributed by atoms with Crippen molar-refractivity contribution in [2.24, 2.45) is 5.92 Å². The fourth-order valence-corrected chi connectivity index (χ4v) is 2.40. The van der Waals surface area contributed by atoms with Gasteiger partial charge in [0.2, 0.25) is 17.7 Å². The molecule has 0 saturated carbocycles. The van der Waals surface area contributed by atoms with Gasteiger partial charge in [0.1, 0.15) is 0 Å². The Morgan fingerprint density at radius 2 is 2.17 bits per heavy atom. The number of rotatable bonds is 5. The summed E-state index contributed by atoms with van der Waals surface area (Å²) in [5.74, 6) is -0.911. The predicted molar refractivity (Wildman–Crippen MR) is 83.7 cm³/mol. The van der Waals surface area contributed by atoms with Crippen LogP contribution < -0.4 is 15.4 Å². The molecule has 1 aliphatic heterocycles. The third kappa shape index (κ3) is 3.68. The van der Waals surface area contributed by atoms with Gasteiger partial charge in [0.05, 0.1) is 5.92 Å². The number of para-hydroxylation sites is 1. The Bertz CT molecular complexity index is 766. The van der Waals surface area contributed by atoms with Crippen LogP contribution in [0.1, 0.15) is 12.0 Å². The first-order valence-electron chi connectivity index (χ1n) is 7.54. The number of nitrogens with zero attached hydrogens (tertiary/aromatic N) is 1. The van der Waals surface area contributed by atoms with E-state index in [1.165, 1.54) is 18.3 Å². The molecule has 6 nitrogen and oxygen atoms in total. The Morgan fingerprint density at radius 1 is 1.33 bits per heavy atom. The van der Waals surface area contributed by atoms with Crippen molar-refractivity contribution in [1.29, 1.82) is 0 Å². The van der Waals surface area contributed by atoms with Crippen LogP contribution in [0.5, 0.6) is 11.6 Å². The molecule has 0 radical (unpaired) electrons. The summed E-state index contributed by atoms with van der Waals surface area (Å²) in [7, 11) is 0. The first-order chi connectivity index (χ1) is 11.6. The zero-order valence-corrected chi connectivity index (χ0v) is 12.8. The van der Waals surface area contributed by atoms with Gasteiger partial charge in [-0.3, -0.25) is 9.59 Å². The van der Waals surface area contributed by atoms with Crippen molar-refractivity contribution in [3.63, 3.8) is 0 Å². The topological polar surface area (TPSA) is 80.3 Å². The van der Waals surface area contributed by atoms with Crippen LogP contribution in [-0.4, -0.2) is 23.3 Å². The van der Waals surface area contributed by atoms with Gasteiger partial charge < -0.3 is 15.4 Å². The van der Waals surface area contributed by atoms with Crippen molar-refractivity contribution in [3.05, 3.63) is 54.0 Å². The standard InChI is InChI=1S/C17H16FN3O3/c18-13-5-1-2-6-14(13)24-17-11(4-3-7-19-17)9-21-16(23)12-8-15(22)20-10-12/h1-7,12H,8-10H2,(H,20,22)(H,21,23)/t12-/m1/s1. The van der Waals surface area contributed by atoms with Crippen molar-refractivity contribution >= 4 is 11.8 Å². The lowest BCUT2D eigenvalue weighted by atomic mass is 10.1. The molecule has 1 saturated heterocycles. The summed E-state index contributed by atoms with van der Waals surface area (Å²) in [6, 6.07) is 9.47. The molecule has 1 atom stereocenters. The first kappa shape index (κ1) is 15.9. The smallest absolute Gasteiger partial charge is 0.225 e. The van der Waals surface area contributed by atoms with Gasteiger partial charge >= 0.3 is 0 Å². The molecule has 0 aliphatic carbocycles. The van der Waals surface area contributed by atoms with Crippen LogP contribution in [0.15, 0.2) is 42.6 Å². The summed E-state index contributed by atoms with van der Waals surface area (Å²) in [6.07, 6.45) is 1.72. The lowest BCUT2D eigenvalue weighted by Crippen LogP contribution is -2.31. The number of nitrogens with one attached hydrogen (secondary N) is 2. The highest BCUT2D eigenvalue weighted by molar-refractivity contribution is 5.89. The minimum Gasteiger partial charge on any atom is -0.436 e. The fourth-order valence-electron chi connectivity index (χ4n) is 2.40. The van der Waals surface area contributed by atoms with Gasteiger partial charge in [-0.1, -0.05) is 18.2 Å². The van der Waals surface area contributed by atoms with E-state index in [0.717, 1.165) is 0 Å². The van der Waals surface area contributed by atoms with Crippen molar-refractivity contribution in [2.45, 2.75) is 13.0 Å². The third-order valence-corrected chi connectivity index (χ3v) is 3.69. The molecular weight excluding hydrogens is 313 g/mol. The summed E-state index contributed by atoms with van der Waals surface area (Å²) in [4.78, 5) is 27.3. The number of aromatic nitrogens is 1. The highest BCUT2D eigenvalue weighted by Crippen LogP contribution is 2.25. The Hall–Kier alpha value is -2.96. The van der Waals surface area contributed by atoms with Crippen LogP contribution in [0.3, 0.4) is 0 Å². The molecule has 2 aromatic rings. The predicted octanol–water partition coefficient (Wildman–Crippen LogP) is 1.77. The van der Waals surface area contributed by atoms with Crippen LogP contribution in [0.2, 0.25) is 0 Å². The Labute approximate surface area is 138 Å². The number of carbonyl (C=O) groups excluding carboxylic acids is 2. The zero-order chi connectivity index (χ0) is 16.9. The molecule has 0 bridgehead atoms. The number of ether oxygens (including phenoxy) is 1. The molecule has 2 heterocycles. The Balaban J connectivity index is 1.67. The number of hydrogen-bond donors (Lipinski definition) is 2. The molecule has 2 amide bonds. The average molecular weight is 329 g/mol. The van der Waals surface area contributed by atoms with Crippen LogP contribution in [0.25, 0.3) is 0 Å². The summed E-state index contributed by atoms with van der Waals surface area (Å²) < 4.78 is 19.2. The number of hydrogen-bond acceptors (Lipinski definition) is 4. The number of pyridine rings is 1. The van der Waals surface area contributed by atoms with Crippen LogP contribution >= 0.6 is 0 Å². The first-order valence-corrected chi connectivity index (χ1v) is 7.54. The second-order valence-corrected chi connectivity index (χ2v) is 5.42. The highest BCUT2D eigenvalue weighted by atomic mass is 19.1. The van der Waals surface area contributed by atoms with E-state index < -0.39 is 5.82 Å². The maximum atomic E-state index is 13.7. The molecule has 0 unspecified atom stereocenters. The molecule has 1 aromatic carbocycles. The van der Waals surface area contributed by atoms with E-state index >= 15 is 0 Å². The molecule has 124 valence electrons. The molecule has 24 heavy (non-hydrogen) atoms. The van der Waals surface area contributed by atoms with E-state index in [0.29, 0.717) is 12.1 Å². The number of amides is 2. The molecule has 2 N–H and O–H groups in total. The van der Waals surface area contributed by atoms with Gasteiger partial charge in [-0.05, 0) is 18.2 Å². The van der Waals surface area contributed by atoms with Crippen LogP contribution in [0.4, 0.5) is 4.39 Å². The molecule has 1 aliphatic rings. The normalized spacial score (nSPS) is 16.5. The van der Waals surface area contributed by atoms with Crippen molar-refractivity contribution in [2.75, 3.05) is 6.54 Å². The minimum absolute atomic E-state index is 0.0642. The number of halogens is 1. The van der Waals surface area contributed by atoms with E-state index in [1.54, 1.807) is 24.3 Å². The highest BCUT2D eigenvalue weighted by Gasteiger charge is 2.27. The van der Waals surface area contributed by atoms with Crippen LogP contribution in [-0.2, 0) is 16.1 Å². The second kappa shape index (κ2) is 7.08. The largest absolute Gasteiger partial charge is 0.436 e. The third-order valence-electron chi connectivity index (χ3n) is 3.69. The monoisotopic (exact) mass is 329 g/mol. The molecule has 0 spiro atoms. The van der Waals surface area contributed by atoms with Gasteiger partial charge in [0, 0.05) is 31.3 Å². The summed E-state index contributed by atoms with van der Waals surface area (Å²) in [5.41, 5.74) is 0.617. The Kier molecular flexibility index (Phi) is 4.69. The van der Waals surface area contributed by atoms with Crippen molar-refractivity contribution < 1.29 is 18.7 Å². The number of carbonyl (C=O) groups is 2. The minimum atomic E-state index is -0.492. The van der Waals surface area contributed by atoms with E-state index in [2.05, 4.69) is 15.6 Å². The lowest BCUT2D eigenvalue weighted by molar-refractivity contribution is -0.126. The van der Waals surface area contributed by atoms with Gasteiger partial charge in [0.25, 0.3) is 0 Å². The molecule has 1 aromatic heterocycles. The summed E-state index contributed by atoms with van der Waals surface area (Å²) in [5, 5.41) is 5.38. The van der Waals surface area contributed by atoms with Crippen molar-refractivity contribution in [1.82, 2.24) is 15.6 Å². The number of benzene rings is 1. The van der Waals surface area contributed by atoms with Gasteiger partial charge in [-0.15, -0.1) is 0 Å². The molecule has 1 fully saturated rings. The SMILES string of the molecule is O=C1C[C@@H](C(=O)NCc2cccnc2Oc2ccccc2F)CN1. The average Bonchev–Trinajstić information content (AvgIpc) is 3.02. The van der Waals surface area contributed by atoms with Crippen molar-refractivity contribution in [3.8, 4) is 11.6 Å². The van der Waals surface area contributed by atoms with E-state index in [4.69, 9.17) is 4.74 Å². The van der Waals surface area contributed by atoms with E-state index in [1.807, 2.05) is 0 Å². The second-order valence-electron chi connectivity index (χ2n) is 5.42. The summed E-state index contributed by atoms with van der Waals surface area (Å²) in [6.45, 7) is 0.525. The van der Waals surface area contributed by atoms with E-state index in [9.17, 15) is 14.0 Å². The van der Waals surface area contributed by atoms with Gasteiger partial charge in [-0.2, -0.15) is 0 Å². The molecule has 3 rings (SSSR count). The van der Waals surface area contributed by atoms with Gasteiger partial charge in [0.15, 0.2) is 11.6 Å². The lowest BCUT2D eigenvalue weighted by Gasteiger charge is -2.12. The maximum absolute atomic E-state index is 13.7.